The second kappa shape index (κ2) is 6.45. The highest BCUT2D eigenvalue weighted by Crippen LogP contribution is 2.22. The normalized spacial score (nSPS) is 17.8. The first-order chi connectivity index (χ1) is 12.5. The Balaban J connectivity index is 1.53. The molecule has 8 heteroatoms. The molecule has 1 aromatic carbocycles. The summed E-state index contributed by atoms with van der Waals surface area (Å²) in [5.74, 6) is -0.0718. The maximum absolute atomic E-state index is 12.9. The molecule has 0 unspecified atom stereocenters. The molecule has 2 aromatic rings. The van der Waals surface area contributed by atoms with Crippen LogP contribution in [0, 0.1) is 0 Å². The Morgan fingerprint density at radius 2 is 2.12 bits per heavy atom. The first-order valence-corrected chi connectivity index (χ1v) is 8.72. The van der Waals surface area contributed by atoms with E-state index in [1.54, 1.807) is 34.9 Å². The molecule has 0 saturated carbocycles. The molecule has 4 rings (SSSR count). The van der Waals surface area contributed by atoms with Crippen LogP contribution in [-0.2, 0) is 13.1 Å². The van der Waals surface area contributed by atoms with Gasteiger partial charge in [-0.3, -0.25) is 14.4 Å². The molecule has 1 aromatic heterocycles. The van der Waals surface area contributed by atoms with Gasteiger partial charge in [0.2, 0.25) is 0 Å². The van der Waals surface area contributed by atoms with Crippen LogP contribution in [0.4, 0.5) is 10.5 Å². The van der Waals surface area contributed by atoms with Crippen molar-refractivity contribution in [1.29, 1.82) is 0 Å². The lowest BCUT2D eigenvalue weighted by Gasteiger charge is -2.28. The van der Waals surface area contributed by atoms with Gasteiger partial charge in [0, 0.05) is 30.9 Å². The molecule has 0 aliphatic carbocycles. The molecule has 2 aliphatic rings. The molecule has 8 nitrogen and oxygen atoms in total. The zero-order chi connectivity index (χ0) is 18.3. The molecule has 1 fully saturated rings. The quantitative estimate of drug-likeness (QED) is 0.863. The molecule has 1 saturated heterocycles. The van der Waals surface area contributed by atoms with Crippen LogP contribution >= 0.6 is 0 Å². The minimum atomic E-state index is -0.624. The van der Waals surface area contributed by atoms with Crippen LogP contribution in [0.5, 0.6) is 0 Å². The summed E-state index contributed by atoms with van der Waals surface area (Å²) < 4.78 is 1.84. The lowest BCUT2D eigenvalue weighted by Crippen LogP contribution is -2.38. The number of fused-ring (bicyclic) bond motifs is 1. The second-order valence-corrected chi connectivity index (χ2v) is 6.62. The van der Waals surface area contributed by atoms with E-state index in [2.05, 4.69) is 10.4 Å². The Bertz CT molecular complexity index is 860. The van der Waals surface area contributed by atoms with E-state index in [9.17, 15) is 14.7 Å². The second-order valence-electron chi connectivity index (χ2n) is 6.62. The SMILES string of the molecule is C[C@@H](O)c1cc2n(n1)CCN(C(=O)c1cccc(N3CCNC3=O)c1)C2. The van der Waals surface area contributed by atoms with E-state index < -0.39 is 6.10 Å². The van der Waals surface area contributed by atoms with Crippen molar-refractivity contribution in [3.8, 4) is 0 Å². The minimum absolute atomic E-state index is 0.0718. The van der Waals surface area contributed by atoms with Crippen LogP contribution in [-0.4, -0.2) is 51.4 Å². The van der Waals surface area contributed by atoms with E-state index in [1.807, 2.05) is 16.8 Å². The summed E-state index contributed by atoms with van der Waals surface area (Å²) in [7, 11) is 0. The van der Waals surface area contributed by atoms with Crippen molar-refractivity contribution in [2.24, 2.45) is 0 Å². The lowest BCUT2D eigenvalue weighted by atomic mass is 10.1. The van der Waals surface area contributed by atoms with Crippen LogP contribution < -0.4 is 10.2 Å². The van der Waals surface area contributed by atoms with E-state index in [1.165, 1.54) is 0 Å². The third kappa shape index (κ3) is 2.92. The average Bonchev–Trinajstić information content (AvgIpc) is 3.26. The predicted octanol–water partition coefficient (Wildman–Crippen LogP) is 1.12. The van der Waals surface area contributed by atoms with Crippen molar-refractivity contribution in [2.75, 3.05) is 24.5 Å². The number of nitrogens with zero attached hydrogens (tertiary/aromatic N) is 4. The fraction of sp³-hybridized carbons (Fsp3) is 0.389. The molecule has 3 heterocycles. The predicted molar refractivity (Wildman–Crippen MR) is 94.8 cm³/mol. The molecule has 136 valence electrons. The number of anilines is 1. The number of carbonyl (C=O) groups excluding carboxylic acids is 2. The summed E-state index contributed by atoms with van der Waals surface area (Å²) in [5.41, 5.74) is 2.82. The van der Waals surface area contributed by atoms with Gasteiger partial charge in [-0.1, -0.05) is 6.07 Å². The third-order valence-corrected chi connectivity index (χ3v) is 4.79. The number of benzene rings is 1. The largest absolute Gasteiger partial charge is 0.387 e. The number of nitrogens with one attached hydrogen (secondary N) is 1. The summed E-state index contributed by atoms with van der Waals surface area (Å²) in [5, 5.41) is 16.8. The molecule has 26 heavy (non-hydrogen) atoms. The summed E-state index contributed by atoms with van der Waals surface area (Å²) in [6.07, 6.45) is -0.624. The number of aromatic nitrogens is 2. The molecule has 0 radical (unpaired) electrons. The van der Waals surface area contributed by atoms with Crippen molar-refractivity contribution >= 4 is 17.6 Å². The average molecular weight is 355 g/mol. The Kier molecular flexibility index (Phi) is 4.12. The third-order valence-electron chi connectivity index (χ3n) is 4.79. The maximum Gasteiger partial charge on any atom is 0.321 e. The van der Waals surface area contributed by atoms with E-state index >= 15 is 0 Å². The van der Waals surface area contributed by atoms with Gasteiger partial charge in [0.05, 0.1) is 30.6 Å². The molecule has 0 bridgehead atoms. The standard InChI is InChI=1S/C18H21N5O3/c1-12(24)16-10-15-11-21(7-8-23(15)20-16)17(25)13-3-2-4-14(9-13)22-6-5-19-18(22)26/h2-4,9-10,12,24H,5-8,11H2,1H3,(H,19,26)/t12-/m1/s1. The molecular formula is C18H21N5O3. The zero-order valence-electron chi connectivity index (χ0n) is 14.6. The number of aliphatic hydroxyl groups excluding tert-OH is 1. The summed E-state index contributed by atoms with van der Waals surface area (Å²) in [6.45, 7) is 4.49. The Labute approximate surface area is 151 Å². The topological polar surface area (TPSA) is 90.7 Å². The monoisotopic (exact) mass is 355 g/mol. The van der Waals surface area contributed by atoms with Crippen molar-refractivity contribution in [1.82, 2.24) is 20.0 Å². The molecular weight excluding hydrogens is 334 g/mol. The first-order valence-electron chi connectivity index (χ1n) is 8.72. The molecule has 3 amide bonds. The van der Waals surface area contributed by atoms with E-state index in [0.717, 1.165) is 11.4 Å². The van der Waals surface area contributed by atoms with Crippen LogP contribution in [0.1, 0.15) is 34.8 Å². The van der Waals surface area contributed by atoms with Crippen molar-refractivity contribution in [3.63, 3.8) is 0 Å². The Morgan fingerprint density at radius 1 is 1.27 bits per heavy atom. The van der Waals surface area contributed by atoms with Gasteiger partial charge in [0.1, 0.15) is 0 Å². The fourth-order valence-corrected chi connectivity index (χ4v) is 3.37. The van der Waals surface area contributed by atoms with E-state index in [4.69, 9.17) is 0 Å². The van der Waals surface area contributed by atoms with Gasteiger partial charge in [-0.15, -0.1) is 0 Å². The molecule has 2 aliphatic heterocycles. The number of urea groups is 1. The van der Waals surface area contributed by atoms with Gasteiger partial charge in [-0.25, -0.2) is 4.79 Å². The van der Waals surface area contributed by atoms with Crippen molar-refractivity contribution in [2.45, 2.75) is 26.1 Å². The van der Waals surface area contributed by atoms with Gasteiger partial charge in [0.15, 0.2) is 0 Å². The number of hydrogen-bond acceptors (Lipinski definition) is 4. The van der Waals surface area contributed by atoms with Gasteiger partial charge in [0.25, 0.3) is 5.91 Å². The van der Waals surface area contributed by atoms with Crippen LogP contribution in [0.15, 0.2) is 30.3 Å². The highest BCUT2D eigenvalue weighted by Gasteiger charge is 2.26. The number of carbonyl (C=O) groups is 2. The number of amides is 3. The summed E-state index contributed by atoms with van der Waals surface area (Å²) in [6, 6.07) is 8.88. The zero-order valence-corrected chi connectivity index (χ0v) is 14.6. The fourth-order valence-electron chi connectivity index (χ4n) is 3.37. The Hall–Kier alpha value is -2.87. The van der Waals surface area contributed by atoms with Crippen LogP contribution in [0.2, 0.25) is 0 Å². The van der Waals surface area contributed by atoms with Crippen LogP contribution in [0.25, 0.3) is 0 Å². The van der Waals surface area contributed by atoms with Gasteiger partial charge < -0.3 is 15.3 Å². The van der Waals surface area contributed by atoms with Crippen molar-refractivity contribution < 1.29 is 14.7 Å². The first kappa shape index (κ1) is 16.6. The number of aliphatic hydroxyl groups is 1. The molecule has 2 N–H and O–H groups in total. The molecule has 0 spiro atoms. The maximum atomic E-state index is 12.9. The highest BCUT2D eigenvalue weighted by molar-refractivity contribution is 5.98. The highest BCUT2D eigenvalue weighted by atomic mass is 16.3. The number of hydrogen-bond donors (Lipinski definition) is 2. The van der Waals surface area contributed by atoms with E-state index in [0.29, 0.717) is 44.0 Å². The van der Waals surface area contributed by atoms with E-state index in [-0.39, 0.29) is 11.9 Å². The van der Waals surface area contributed by atoms with Gasteiger partial charge >= 0.3 is 6.03 Å². The number of rotatable bonds is 3. The minimum Gasteiger partial charge on any atom is -0.387 e. The Morgan fingerprint density at radius 3 is 2.85 bits per heavy atom. The molecule has 1 atom stereocenters. The lowest BCUT2D eigenvalue weighted by molar-refractivity contribution is 0.0705. The summed E-state index contributed by atoms with van der Waals surface area (Å²) >= 11 is 0. The van der Waals surface area contributed by atoms with Crippen molar-refractivity contribution in [3.05, 3.63) is 47.3 Å². The van der Waals surface area contributed by atoms with Crippen LogP contribution in [0.3, 0.4) is 0 Å². The van der Waals surface area contributed by atoms with Gasteiger partial charge in [-0.05, 0) is 31.2 Å². The van der Waals surface area contributed by atoms with Gasteiger partial charge in [-0.2, -0.15) is 5.10 Å². The summed E-state index contributed by atoms with van der Waals surface area (Å²) in [4.78, 5) is 28.2. The smallest absolute Gasteiger partial charge is 0.321 e.